The first-order valence-electron chi connectivity index (χ1n) is 8.49. The van der Waals surface area contributed by atoms with Crippen molar-refractivity contribution < 1.29 is 27.2 Å². The van der Waals surface area contributed by atoms with Crippen LogP contribution in [-0.4, -0.2) is 42.4 Å². The third-order valence-corrected chi connectivity index (χ3v) is 4.43. The van der Waals surface area contributed by atoms with E-state index in [-0.39, 0.29) is 41.8 Å². The predicted octanol–water partition coefficient (Wildman–Crippen LogP) is 4.47. The number of nitrogens with zero attached hydrogens (tertiary/aromatic N) is 2. The lowest BCUT2D eigenvalue weighted by atomic mass is 9.95. The third kappa shape index (κ3) is 6.43. The largest absolute Gasteiger partial charge is 0.573 e. The average molecular weight is 472 g/mol. The lowest BCUT2D eigenvalue weighted by Crippen LogP contribution is -2.45. The van der Waals surface area contributed by atoms with E-state index >= 15 is 0 Å². The van der Waals surface area contributed by atoms with Crippen LogP contribution in [0, 0.1) is 15.9 Å². The summed E-state index contributed by atoms with van der Waals surface area (Å²) in [6, 6.07) is 7.91. The number of benzene rings is 2. The molecule has 0 radical (unpaired) electrons. The van der Waals surface area contributed by atoms with Crippen molar-refractivity contribution in [2.45, 2.75) is 12.4 Å². The number of hydrogen-bond acceptors (Lipinski definition) is 5. The van der Waals surface area contributed by atoms with Gasteiger partial charge >= 0.3 is 6.36 Å². The minimum atomic E-state index is -4.81. The van der Waals surface area contributed by atoms with Gasteiger partial charge in [0.25, 0.3) is 5.69 Å². The Morgan fingerprint density at radius 2 is 1.67 bits per heavy atom. The number of halogens is 6. The number of hydrogen-bond donors (Lipinski definition) is 1. The number of ether oxygens (including phenoxy) is 1. The first-order chi connectivity index (χ1) is 13.2. The third-order valence-electron chi connectivity index (χ3n) is 4.43. The molecule has 0 aromatic heterocycles. The maximum Gasteiger partial charge on any atom is 0.573 e. The number of alkyl halides is 3. The van der Waals surface area contributed by atoms with Gasteiger partial charge in [-0.3, -0.25) is 15.0 Å². The van der Waals surface area contributed by atoms with Crippen molar-refractivity contribution in [2.24, 2.45) is 0 Å². The number of nitrogens with one attached hydrogen (secondary N) is 1. The highest BCUT2D eigenvalue weighted by Crippen LogP contribution is 2.36. The monoisotopic (exact) mass is 471 g/mol. The molecule has 0 spiro atoms. The lowest BCUT2D eigenvalue weighted by Gasteiger charge is -2.35. The molecule has 30 heavy (non-hydrogen) atoms. The topological polar surface area (TPSA) is 67.6 Å². The summed E-state index contributed by atoms with van der Waals surface area (Å²) in [5.74, 6) is -1.12. The van der Waals surface area contributed by atoms with Crippen LogP contribution >= 0.6 is 24.8 Å². The van der Waals surface area contributed by atoms with Gasteiger partial charge in [-0.15, -0.1) is 38.0 Å². The molecule has 0 amide bonds. The molecule has 1 atom stereocenters. The van der Waals surface area contributed by atoms with Gasteiger partial charge in [-0.1, -0.05) is 12.1 Å². The zero-order valence-corrected chi connectivity index (χ0v) is 17.0. The van der Waals surface area contributed by atoms with Crippen LogP contribution in [0.4, 0.5) is 23.2 Å². The molecule has 3 rings (SSSR count). The van der Waals surface area contributed by atoms with E-state index in [1.54, 1.807) is 0 Å². The summed E-state index contributed by atoms with van der Waals surface area (Å²) in [6.07, 6.45) is -4.81. The summed E-state index contributed by atoms with van der Waals surface area (Å²) in [4.78, 5) is 12.8. The Hall–Kier alpha value is -2.14. The summed E-state index contributed by atoms with van der Waals surface area (Å²) in [5, 5.41) is 14.6. The van der Waals surface area contributed by atoms with Crippen molar-refractivity contribution >= 4 is 30.5 Å². The molecule has 2 aromatic rings. The van der Waals surface area contributed by atoms with Gasteiger partial charge < -0.3 is 10.1 Å². The number of rotatable bonds is 5. The van der Waals surface area contributed by atoms with E-state index in [4.69, 9.17) is 0 Å². The van der Waals surface area contributed by atoms with Crippen molar-refractivity contribution in [3.05, 3.63) is 69.5 Å². The van der Waals surface area contributed by atoms with Crippen molar-refractivity contribution in [1.29, 1.82) is 0 Å². The number of piperazine rings is 1. The molecule has 166 valence electrons. The van der Waals surface area contributed by atoms with Gasteiger partial charge in [0.1, 0.15) is 11.6 Å². The second-order valence-corrected chi connectivity index (χ2v) is 6.27. The molecule has 6 nitrogen and oxygen atoms in total. The van der Waals surface area contributed by atoms with Crippen LogP contribution in [-0.2, 0) is 0 Å². The minimum Gasteiger partial charge on any atom is -0.406 e. The van der Waals surface area contributed by atoms with E-state index in [1.165, 1.54) is 18.2 Å². The van der Waals surface area contributed by atoms with Gasteiger partial charge in [-0.2, -0.15) is 0 Å². The number of nitro groups is 1. The van der Waals surface area contributed by atoms with E-state index in [1.807, 2.05) is 4.90 Å². The van der Waals surface area contributed by atoms with E-state index < -0.39 is 23.1 Å². The van der Waals surface area contributed by atoms with E-state index in [0.29, 0.717) is 31.7 Å². The second-order valence-electron chi connectivity index (χ2n) is 6.27. The Kier molecular flexibility index (Phi) is 9.29. The predicted molar refractivity (Wildman–Crippen MR) is 107 cm³/mol. The molecule has 1 fully saturated rings. The first kappa shape index (κ1) is 25.9. The van der Waals surface area contributed by atoms with Crippen LogP contribution in [0.1, 0.15) is 17.2 Å². The maximum absolute atomic E-state index is 13.6. The summed E-state index contributed by atoms with van der Waals surface area (Å²) in [5.41, 5.74) is 0.447. The zero-order valence-electron chi connectivity index (χ0n) is 15.4. The molecular formula is C18H19Cl2F4N3O3. The standard InChI is InChI=1S/C18H17F4N3O3.2ClH/c19-13-3-6-15(16(11-13)25(26)27)17(24-9-7-23-8-10-24)12-1-4-14(5-2-12)28-18(20,21)22;;/h1-6,11,17,23H,7-10H2;2*1H/t17-;;/m0../s1. The Morgan fingerprint density at radius 3 is 2.20 bits per heavy atom. The molecule has 1 saturated heterocycles. The molecule has 0 aliphatic carbocycles. The van der Waals surface area contributed by atoms with E-state index in [0.717, 1.165) is 24.3 Å². The summed E-state index contributed by atoms with van der Waals surface area (Å²) < 4.78 is 54.6. The minimum absolute atomic E-state index is 0. The van der Waals surface area contributed by atoms with Gasteiger partial charge in [-0.25, -0.2) is 4.39 Å². The molecule has 2 aromatic carbocycles. The normalized spacial score (nSPS) is 15.5. The van der Waals surface area contributed by atoms with Crippen molar-refractivity contribution in [3.8, 4) is 5.75 Å². The van der Waals surface area contributed by atoms with Crippen molar-refractivity contribution in [3.63, 3.8) is 0 Å². The molecule has 12 heteroatoms. The van der Waals surface area contributed by atoms with Gasteiger partial charge in [0, 0.05) is 26.2 Å². The molecule has 1 aliphatic rings. The Bertz CT molecular complexity index is 848. The number of nitro benzene ring substituents is 1. The molecule has 0 saturated carbocycles. The van der Waals surface area contributed by atoms with Crippen LogP contribution in [0.5, 0.6) is 5.75 Å². The Labute approximate surface area is 182 Å². The van der Waals surface area contributed by atoms with Gasteiger partial charge in [0.2, 0.25) is 0 Å². The smallest absolute Gasteiger partial charge is 0.406 e. The summed E-state index contributed by atoms with van der Waals surface area (Å²) >= 11 is 0. The highest BCUT2D eigenvalue weighted by molar-refractivity contribution is 5.85. The summed E-state index contributed by atoms with van der Waals surface area (Å²) in [6.45, 7) is 2.45. The molecule has 1 aliphatic heterocycles. The molecular weight excluding hydrogens is 453 g/mol. The fraction of sp³-hybridized carbons (Fsp3) is 0.333. The maximum atomic E-state index is 13.6. The van der Waals surface area contributed by atoms with Crippen LogP contribution in [0.3, 0.4) is 0 Å². The van der Waals surface area contributed by atoms with Crippen LogP contribution in [0.15, 0.2) is 42.5 Å². The average Bonchev–Trinajstić information content (AvgIpc) is 2.64. The van der Waals surface area contributed by atoms with Crippen LogP contribution < -0.4 is 10.1 Å². The van der Waals surface area contributed by atoms with E-state index in [2.05, 4.69) is 10.1 Å². The molecule has 1 N–H and O–H groups in total. The second kappa shape index (κ2) is 10.8. The first-order valence-corrected chi connectivity index (χ1v) is 8.49. The van der Waals surface area contributed by atoms with Gasteiger partial charge in [0.05, 0.1) is 22.6 Å². The van der Waals surface area contributed by atoms with Crippen LogP contribution in [0.25, 0.3) is 0 Å². The SMILES string of the molecule is Cl.Cl.O=[N+]([O-])c1cc(F)ccc1[C@H](c1ccc(OC(F)(F)F)cc1)N1CCNCC1. The fourth-order valence-electron chi connectivity index (χ4n) is 3.29. The molecule has 1 heterocycles. The quantitative estimate of drug-likeness (QED) is 0.395. The van der Waals surface area contributed by atoms with E-state index in [9.17, 15) is 27.7 Å². The Morgan fingerprint density at radius 1 is 1.07 bits per heavy atom. The fourth-order valence-corrected chi connectivity index (χ4v) is 3.29. The van der Waals surface area contributed by atoms with Crippen LogP contribution in [0.2, 0.25) is 0 Å². The summed E-state index contributed by atoms with van der Waals surface area (Å²) in [7, 11) is 0. The van der Waals surface area contributed by atoms with Gasteiger partial charge in [0.15, 0.2) is 0 Å². The lowest BCUT2D eigenvalue weighted by molar-refractivity contribution is -0.386. The highest BCUT2D eigenvalue weighted by atomic mass is 35.5. The molecule has 0 unspecified atom stereocenters. The van der Waals surface area contributed by atoms with Crippen molar-refractivity contribution in [1.82, 2.24) is 10.2 Å². The highest BCUT2D eigenvalue weighted by Gasteiger charge is 2.32. The zero-order chi connectivity index (χ0) is 20.3. The molecule has 0 bridgehead atoms. The van der Waals surface area contributed by atoms with Crippen molar-refractivity contribution in [2.75, 3.05) is 26.2 Å². The van der Waals surface area contributed by atoms with Gasteiger partial charge in [-0.05, 0) is 29.8 Å². The Balaban J connectivity index is 0.00000225.